The molecule has 0 aliphatic carbocycles. The van der Waals surface area contributed by atoms with Gasteiger partial charge in [-0.05, 0) is 53.2 Å². The van der Waals surface area contributed by atoms with E-state index in [0.717, 1.165) is 0 Å². The molecule has 0 aliphatic rings. The monoisotopic (exact) mass is 431 g/mol. The predicted octanol–water partition coefficient (Wildman–Crippen LogP) is 3.35. The van der Waals surface area contributed by atoms with Gasteiger partial charge in [0.1, 0.15) is 5.75 Å². The Bertz CT molecular complexity index is 834. The SMILES string of the molecule is CCOc1ccc(N(CCC#N)C(=O)COC(=O)c2cncc(Br)c2)cc1. The second-order valence-electron chi connectivity index (χ2n) is 5.35. The Morgan fingerprint density at radius 1 is 1.26 bits per heavy atom. The van der Waals surface area contributed by atoms with Gasteiger partial charge in [0.2, 0.25) is 0 Å². The average molecular weight is 432 g/mol. The number of anilines is 1. The third kappa shape index (κ3) is 6.08. The van der Waals surface area contributed by atoms with E-state index in [1.807, 2.05) is 13.0 Å². The molecule has 8 heteroatoms. The summed E-state index contributed by atoms with van der Waals surface area (Å²) in [7, 11) is 0. The van der Waals surface area contributed by atoms with E-state index in [-0.39, 0.29) is 18.5 Å². The molecule has 2 rings (SSSR count). The summed E-state index contributed by atoms with van der Waals surface area (Å²) in [6, 6.07) is 10.5. The summed E-state index contributed by atoms with van der Waals surface area (Å²) in [4.78, 5) is 29.9. The minimum atomic E-state index is -0.649. The molecule has 0 saturated carbocycles. The van der Waals surface area contributed by atoms with Crippen molar-refractivity contribution in [2.24, 2.45) is 0 Å². The lowest BCUT2D eigenvalue weighted by Gasteiger charge is -2.22. The van der Waals surface area contributed by atoms with Gasteiger partial charge in [-0.25, -0.2) is 4.79 Å². The molecule has 0 radical (unpaired) electrons. The maximum Gasteiger partial charge on any atom is 0.340 e. The molecule has 1 amide bonds. The number of nitrogens with zero attached hydrogens (tertiary/aromatic N) is 3. The number of halogens is 1. The molecule has 1 aromatic carbocycles. The largest absolute Gasteiger partial charge is 0.494 e. The Balaban J connectivity index is 2.05. The van der Waals surface area contributed by atoms with Crippen LogP contribution in [-0.4, -0.2) is 36.6 Å². The standard InChI is InChI=1S/C19H18BrN3O4/c1-2-26-17-6-4-16(5-7-17)23(9-3-8-21)18(24)13-27-19(25)14-10-15(20)12-22-11-14/h4-7,10-12H,2-3,9,13H2,1H3. The number of ether oxygens (including phenoxy) is 2. The minimum absolute atomic E-state index is 0.155. The smallest absolute Gasteiger partial charge is 0.340 e. The summed E-state index contributed by atoms with van der Waals surface area (Å²) in [5, 5.41) is 8.85. The zero-order valence-electron chi connectivity index (χ0n) is 14.7. The first-order valence-corrected chi connectivity index (χ1v) is 9.02. The maximum atomic E-state index is 12.5. The first-order valence-electron chi connectivity index (χ1n) is 8.23. The molecule has 0 bridgehead atoms. The van der Waals surface area contributed by atoms with Crippen molar-refractivity contribution < 1.29 is 19.1 Å². The molecule has 0 fully saturated rings. The molecule has 0 aliphatic heterocycles. The minimum Gasteiger partial charge on any atom is -0.494 e. The highest BCUT2D eigenvalue weighted by Gasteiger charge is 2.18. The van der Waals surface area contributed by atoms with Crippen LogP contribution in [0, 0.1) is 11.3 Å². The lowest BCUT2D eigenvalue weighted by atomic mass is 10.2. The molecule has 27 heavy (non-hydrogen) atoms. The van der Waals surface area contributed by atoms with Gasteiger partial charge in [-0.3, -0.25) is 9.78 Å². The van der Waals surface area contributed by atoms with Crippen LogP contribution in [0.2, 0.25) is 0 Å². The molecule has 0 saturated heterocycles. The fraction of sp³-hybridized carbons (Fsp3) is 0.263. The van der Waals surface area contributed by atoms with Crippen LogP contribution >= 0.6 is 15.9 Å². The highest BCUT2D eigenvalue weighted by Crippen LogP contribution is 2.20. The molecule has 7 nitrogen and oxygen atoms in total. The molecule has 1 aromatic heterocycles. The van der Waals surface area contributed by atoms with Crippen molar-refractivity contribution >= 4 is 33.5 Å². The summed E-state index contributed by atoms with van der Waals surface area (Å²) in [6.07, 6.45) is 3.05. The Morgan fingerprint density at radius 2 is 2.00 bits per heavy atom. The normalized spacial score (nSPS) is 9.96. The van der Waals surface area contributed by atoms with Crippen LogP contribution in [0.5, 0.6) is 5.75 Å². The van der Waals surface area contributed by atoms with Crippen LogP contribution in [0.3, 0.4) is 0 Å². The van der Waals surface area contributed by atoms with Gasteiger partial charge in [0.15, 0.2) is 6.61 Å². The van der Waals surface area contributed by atoms with Crippen molar-refractivity contribution in [3.8, 4) is 11.8 Å². The molecule has 1 heterocycles. The van der Waals surface area contributed by atoms with Crippen molar-refractivity contribution in [3.05, 3.63) is 52.8 Å². The van der Waals surface area contributed by atoms with Crippen molar-refractivity contribution in [2.45, 2.75) is 13.3 Å². The van der Waals surface area contributed by atoms with E-state index in [0.29, 0.717) is 22.5 Å². The number of hydrogen-bond acceptors (Lipinski definition) is 6. The molecular formula is C19H18BrN3O4. The highest BCUT2D eigenvalue weighted by atomic mass is 79.9. The summed E-state index contributed by atoms with van der Waals surface area (Å²) >= 11 is 3.22. The average Bonchev–Trinajstić information content (AvgIpc) is 2.67. The Morgan fingerprint density at radius 3 is 2.63 bits per heavy atom. The molecule has 0 unspecified atom stereocenters. The van der Waals surface area contributed by atoms with Gasteiger partial charge in [0.25, 0.3) is 5.91 Å². The van der Waals surface area contributed by atoms with Crippen LogP contribution < -0.4 is 9.64 Å². The lowest BCUT2D eigenvalue weighted by Crippen LogP contribution is -2.35. The number of pyridine rings is 1. The van der Waals surface area contributed by atoms with Gasteiger partial charge in [0, 0.05) is 29.1 Å². The molecular weight excluding hydrogens is 414 g/mol. The number of esters is 1. The van der Waals surface area contributed by atoms with Crippen molar-refractivity contribution in [1.82, 2.24) is 4.98 Å². The number of carbonyl (C=O) groups excluding carboxylic acids is 2. The number of benzene rings is 1. The van der Waals surface area contributed by atoms with Gasteiger partial charge in [0.05, 0.1) is 24.7 Å². The predicted molar refractivity (Wildman–Crippen MR) is 102 cm³/mol. The quantitative estimate of drug-likeness (QED) is 0.594. The van der Waals surface area contributed by atoms with Crippen molar-refractivity contribution in [2.75, 3.05) is 24.7 Å². The third-order valence-electron chi connectivity index (χ3n) is 3.47. The molecule has 0 spiro atoms. The number of rotatable bonds is 8. The van der Waals surface area contributed by atoms with E-state index in [1.54, 1.807) is 30.3 Å². The van der Waals surface area contributed by atoms with Gasteiger partial charge >= 0.3 is 5.97 Å². The van der Waals surface area contributed by atoms with Crippen LogP contribution in [0.4, 0.5) is 5.69 Å². The van der Waals surface area contributed by atoms with Crippen LogP contribution in [0.1, 0.15) is 23.7 Å². The van der Waals surface area contributed by atoms with E-state index < -0.39 is 18.5 Å². The summed E-state index contributed by atoms with van der Waals surface area (Å²) in [5.41, 5.74) is 0.834. The number of amides is 1. The molecule has 0 atom stereocenters. The summed E-state index contributed by atoms with van der Waals surface area (Å²) < 4.78 is 11.1. The number of hydrogen-bond donors (Lipinski definition) is 0. The van der Waals surface area contributed by atoms with E-state index in [4.69, 9.17) is 14.7 Å². The molecule has 0 N–H and O–H groups in total. The summed E-state index contributed by atoms with van der Waals surface area (Å²) in [6.45, 7) is 2.17. The van der Waals surface area contributed by atoms with E-state index in [2.05, 4.69) is 20.9 Å². The van der Waals surface area contributed by atoms with Gasteiger partial charge in [-0.2, -0.15) is 5.26 Å². The van der Waals surface area contributed by atoms with Gasteiger partial charge < -0.3 is 14.4 Å². The summed E-state index contributed by atoms with van der Waals surface area (Å²) in [5.74, 6) is -0.391. The topological polar surface area (TPSA) is 92.5 Å². The number of carbonyl (C=O) groups is 2. The zero-order chi connectivity index (χ0) is 19.6. The fourth-order valence-electron chi connectivity index (χ4n) is 2.26. The van der Waals surface area contributed by atoms with Crippen LogP contribution in [-0.2, 0) is 9.53 Å². The number of aromatic nitrogens is 1. The highest BCUT2D eigenvalue weighted by molar-refractivity contribution is 9.10. The lowest BCUT2D eigenvalue weighted by molar-refractivity contribution is -0.121. The molecule has 140 valence electrons. The second-order valence-corrected chi connectivity index (χ2v) is 6.26. The maximum absolute atomic E-state index is 12.5. The van der Waals surface area contributed by atoms with Crippen molar-refractivity contribution in [1.29, 1.82) is 5.26 Å². The van der Waals surface area contributed by atoms with E-state index >= 15 is 0 Å². The Labute approximate surface area is 165 Å². The van der Waals surface area contributed by atoms with Crippen molar-refractivity contribution in [3.63, 3.8) is 0 Å². The Kier molecular flexibility index (Phi) is 7.77. The van der Waals surface area contributed by atoms with E-state index in [9.17, 15) is 9.59 Å². The Hall–Kier alpha value is -2.92. The number of nitriles is 1. The molecule has 2 aromatic rings. The first-order chi connectivity index (χ1) is 13.0. The second kappa shape index (κ2) is 10.3. The first kappa shape index (κ1) is 20.4. The van der Waals surface area contributed by atoms with Gasteiger partial charge in [-0.1, -0.05) is 0 Å². The van der Waals surface area contributed by atoms with E-state index in [1.165, 1.54) is 17.3 Å². The van der Waals surface area contributed by atoms with Crippen LogP contribution in [0.25, 0.3) is 0 Å². The van der Waals surface area contributed by atoms with Crippen LogP contribution in [0.15, 0.2) is 47.2 Å². The third-order valence-corrected chi connectivity index (χ3v) is 3.91. The van der Waals surface area contributed by atoms with Gasteiger partial charge in [-0.15, -0.1) is 0 Å². The zero-order valence-corrected chi connectivity index (χ0v) is 16.3. The fourth-order valence-corrected chi connectivity index (χ4v) is 2.63.